The minimum absolute atomic E-state index is 0.132. The first-order valence-electron chi connectivity index (χ1n) is 7.19. The van der Waals surface area contributed by atoms with Crippen LogP contribution in [-0.4, -0.2) is 14.9 Å². The smallest absolute Gasteiger partial charge is 0.334 e. The molecule has 0 aliphatic carbocycles. The molecule has 2 aromatic carbocycles. The molecule has 0 aliphatic heterocycles. The largest absolute Gasteiger partial charge is 0.376 e. The van der Waals surface area contributed by atoms with Crippen molar-refractivity contribution in [2.24, 2.45) is 10.2 Å². The lowest BCUT2D eigenvalue weighted by Gasteiger charge is -2.05. The summed E-state index contributed by atoms with van der Waals surface area (Å²) in [5, 5.41) is 21.9. The highest BCUT2D eigenvalue weighted by atomic mass is 16.6. The van der Waals surface area contributed by atoms with Gasteiger partial charge in [0.25, 0.3) is 0 Å². The molecule has 1 heterocycles. The van der Waals surface area contributed by atoms with Crippen molar-refractivity contribution in [1.29, 1.82) is 0 Å². The lowest BCUT2D eigenvalue weighted by molar-refractivity contribution is -0.385. The van der Waals surface area contributed by atoms with E-state index in [2.05, 4.69) is 25.5 Å². The summed E-state index contributed by atoms with van der Waals surface area (Å²) < 4.78 is 0. The molecule has 9 nitrogen and oxygen atoms in total. The Hall–Kier alpha value is -3.88. The highest BCUT2D eigenvalue weighted by molar-refractivity contribution is 5.65. The van der Waals surface area contributed by atoms with Gasteiger partial charge < -0.3 is 10.3 Å². The molecule has 0 bridgehead atoms. The molecule has 25 heavy (non-hydrogen) atoms. The molecule has 3 aromatic rings. The summed E-state index contributed by atoms with van der Waals surface area (Å²) in [5.74, 6) is -0.132. The molecule has 0 unspecified atom stereocenters. The molecule has 0 amide bonds. The summed E-state index contributed by atoms with van der Waals surface area (Å²) in [5.41, 5.74) is 0.404. The van der Waals surface area contributed by atoms with E-state index >= 15 is 0 Å². The van der Waals surface area contributed by atoms with Crippen LogP contribution in [0.5, 0.6) is 0 Å². The number of azo groups is 1. The van der Waals surface area contributed by atoms with E-state index in [1.165, 1.54) is 0 Å². The van der Waals surface area contributed by atoms with Gasteiger partial charge in [-0.3, -0.25) is 14.9 Å². The SMILES string of the molecule is O=c1[nH]cnc(Nc2ccc(N=Nc3ccccc3)cc2)c1[N+](=O)[O-]. The summed E-state index contributed by atoms with van der Waals surface area (Å²) >= 11 is 0. The zero-order chi connectivity index (χ0) is 17.6. The number of rotatable bonds is 5. The Bertz CT molecular complexity index is 967. The van der Waals surface area contributed by atoms with Gasteiger partial charge in [0.1, 0.15) is 0 Å². The summed E-state index contributed by atoms with van der Waals surface area (Å²) in [7, 11) is 0. The van der Waals surface area contributed by atoms with E-state index < -0.39 is 16.2 Å². The van der Waals surface area contributed by atoms with Gasteiger partial charge in [-0.05, 0) is 36.4 Å². The van der Waals surface area contributed by atoms with Crippen LogP contribution in [0.2, 0.25) is 0 Å². The average molecular weight is 336 g/mol. The van der Waals surface area contributed by atoms with E-state index in [4.69, 9.17) is 0 Å². The van der Waals surface area contributed by atoms with Gasteiger partial charge in [0, 0.05) is 5.69 Å². The molecule has 0 saturated carbocycles. The highest BCUT2D eigenvalue weighted by Gasteiger charge is 2.20. The van der Waals surface area contributed by atoms with Crippen molar-refractivity contribution in [2.45, 2.75) is 0 Å². The second-order valence-electron chi connectivity index (χ2n) is 4.89. The first-order valence-corrected chi connectivity index (χ1v) is 7.19. The van der Waals surface area contributed by atoms with Gasteiger partial charge in [0.05, 0.1) is 22.6 Å². The van der Waals surface area contributed by atoms with E-state index in [1.54, 1.807) is 24.3 Å². The van der Waals surface area contributed by atoms with Crippen LogP contribution >= 0.6 is 0 Å². The van der Waals surface area contributed by atoms with Crippen molar-refractivity contribution in [3.05, 3.63) is 81.4 Å². The zero-order valence-corrected chi connectivity index (χ0v) is 12.8. The lowest BCUT2D eigenvalue weighted by Crippen LogP contribution is -2.14. The van der Waals surface area contributed by atoms with Crippen LogP contribution in [0.15, 0.2) is 75.9 Å². The van der Waals surface area contributed by atoms with E-state index in [-0.39, 0.29) is 5.82 Å². The minimum Gasteiger partial charge on any atom is -0.334 e. The monoisotopic (exact) mass is 336 g/mol. The number of anilines is 2. The Kier molecular flexibility index (Phi) is 4.56. The molecule has 1 aromatic heterocycles. The number of hydrogen-bond acceptors (Lipinski definition) is 7. The molecule has 0 fully saturated rings. The summed E-state index contributed by atoms with van der Waals surface area (Å²) in [4.78, 5) is 27.7. The molecule has 124 valence electrons. The van der Waals surface area contributed by atoms with E-state index in [1.807, 2.05) is 30.3 Å². The topological polar surface area (TPSA) is 126 Å². The van der Waals surface area contributed by atoms with Crippen molar-refractivity contribution in [3.8, 4) is 0 Å². The number of nitrogens with one attached hydrogen (secondary N) is 2. The molecular formula is C16H12N6O3. The van der Waals surface area contributed by atoms with Gasteiger partial charge in [-0.2, -0.15) is 10.2 Å². The molecule has 0 atom stereocenters. The Balaban J connectivity index is 1.78. The van der Waals surface area contributed by atoms with Crippen LogP contribution in [-0.2, 0) is 0 Å². The van der Waals surface area contributed by atoms with E-state index in [0.717, 1.165) is 12.0 Å². The fourth-order valence-electron chi connectivity index (χ4n) is 2.01. The second-order valence-corrected chi connectivity index (χ2v) is 4.89. The number of aromatic amines is 1. The summed E-state index contributed by atoms with van der Waals surface area (Å²) in [6.45, 7) is 0. The van der Waals surface area contributed by atoms with Crippen LogP contribution in [0.25, 0.3) is 0 Å². The number of benzene rings is 2. The molecule has 3 rings (SSSR count). The molecule has 2 N–H and O–H groups in total. The third kappa shape index (κ3) is 3.91. The van der Waals surface area contributed by atoms with Crippen molar-refractivity contribution >= 4 is 28.6 Å². The lowest BCUT2D eigenvalue weighted by atomic mass is 10.3. The molecule has 0 aliphatic rings. The van der Waals surface area contributed by atoms with Crippen LogP contribution in [0.4, 0.5) is 28.6 Å². The van der Waals surface area contributed by atoms with Crippen molar-refractivity contribution in [3.63, 3.8) is 0 Å². The molecule has 0 radical (unpaired) electrons. The third-order valence-corrected chi connectivity index (χ3v) is 3.18. The number of hydrogen-bond donors (Lipinski definition) is 2. The van der Waals surface area contributed by atoms with Crippen LogP contribution in [0.1, 0.15) is 0 Å². The number of nitro groups is 1. The second kappa shape index (κ2) is 7.13. The summed E-state index contributed by atoms with van der Waals surface area (Å²) in [6, 6.07) is 16.0. The predicted molar refractivity (Wildman–Crippen MR) is 91.9 cm³/mol. The van der Waals surface area contributed by atoms with Crippen molar-refractivity contribution in [2.75, 3.05) is 5.32 Å². The van der Waals surface area contributed by atoms with Crippen LogP contribution in [0, 0.1) is 10.1 Å². The maximum Gasteiger partial charge on any atom is 0.376 e. The van der Waals surface area contributed by atoms with Gasteiger partial charge in [-0.15, -0.1) is 0 Å². The Morgan fingerprint density at radius 2 is 1.64 bits per heavy atom. The van der Waals surface area contributed by atoms with Crippen molar-refractivity contribution < 1.29 is 4.92 Å². The van der Waals surface area contributed by atoms with E-state index in [0.29, 0.717) is 11.4 Å². The van der Waals surface area contributed by atoms with Crippen LogP contribution in [0.3, 0.4) is 0 Å². The van der Waals surface area contributed by atoms with Gasteiger partial charge in [0.2, 0.25) is 5.82 Å². The van der Waals surface area contributed by atoms with Gasteiger partial charge in [-0.25, -0.2) is 4.98 Å². The molecule has 0 saturated heterocycles. The summed E-state index contributed by atoms with van der Waals surface area (Å²) in [6.07, 6.45) is 1.10. The van der Waals surface area contributed by atoms with Gasteiger partial charge in [-0.1, -0.05) is 18.2 Å². The minimum atomic E-state index is -0.823. The number of aromatic nitrogens is 2. The Morgan fingerprint density at radius 3 is 2.28 bits per heavy atom. The number of nitrogens with zero attached hydrogens (tertiary/aromatic N) is 4. The third-order valence-electron chi connectivity index (χ3n) is 3.18. The molecular weight excluding hydrogens is 324 g/mol. The highest BCUT2D eigenvalue weighted by Crippen LogP contribution is 2.24. The Labute approximate surface area is 141 Å². The standard InChI is InChI=1S/C16H12N6O3/c23-16-14(22(24)25)15(17-10-18-16)19-11-6-8-13(9-7-11)21-20-12-4-2-1-3-5-12/h1-10H,(H2,17,18,19,23). The fourth-order valence-corrected chi connectivity index (χ4v) is 2.01. The molecule has 0 spiro atoms. The number of H-pyrrole nitrogens is 1. The Morgan fingerprint density at radius 1 is 1.00 bits per heavy atom. The average Bonchev–Trinajstić information content (AvgIpc) is 2.62. The van der Waals surface area contributed by atoms with Crippen molar-refractivity contribution in [1.82, 2.24) is 9.97 Å². The van der Waals surface area contributed by atoms with Gasteiger partial charge in [0.15, 0.2) is 0 Å². The van der Waals surface area contributed by atoms with E-state index in [9.17, 15) is 14.9 Å². The zero-order valence-electron chi connectivity index (χ0n) is 12.8. The quantitative estimate of drug-likeness (QED) is 0.416. The first-order chi connectivity index (χ1) is 12.1. The first kappa shape index (κ1) is 16.0. The normalized spacial score (nSPS) is 10.7. The predicted octanol–water partition coefficient (Wildman–Crippen LogP) is 3.84. The maximum absolute atomic E-state index is 11.5. The maximum atomic E-state index is 11.5. The van der Waals surface area contributed by atoms with Gasteiger partial charge >= 0.3 is 11.2 Å². The molecule has 9 heteroatoms. The van der Waals surface area contributed by atoms with Crippen LogP contribution < -0.4 is 10.9 Å². The fraction of sp³-hybridized carbons (Fsp3) is 0.